The molecule has 94 valence electrons. The van der Waals surface area contributed by atoms with Crippen LogP contribution < -0.4 is 5.32 Å². The first kappa shape index (κ1) is 11.4. The highest BCUT2D eigenvalue weighted by molar-refractivity contribution is 5.57. The molecule has 18 heavy (non-hydrogen) atoms. The van der Waals surface area contributed by atoms with Gasteiger partial charge in [0.25, 0.3) is 0 Å². The van der Waals surface area contributed by atoms with E-state index in [1.54, 1.807) is 0 Å². The lowest BCUT2D eigenvalue weighted by Gasteiger charge is -2.10. The number of likely N-dealkylation sites (N-methyl/N-ethyl adjacent to an activating group) is 1. The van der Waals surface area contributed by atoms with Crippen LogP contribution in [0.25, 0.3) is 11.4 Å². The Morgan fingerprint density at radius 3 is 2.83 bits per heavy atom. The molecule has 3 rings (SSSR count). The number of aromatic amines is 1. The maximum Gasteiger partial charge on any atom is 0.114 e. The lowest BCUT2D eigenvalue weighted by molar-refractivity contribution is 0.593. The van der Waals surface area contributed by atoms with E-state index in [4.69, 9.17) is 4.98 Å². The van der Waals surface area contributed by atoms with Crippen LogP contribution in [0.15, 0.2) is 24.4 Å². The van der Waals surface area contributed by atoms with E-state index < -0.39 is 0 Å². The summed E-state index contributed by atoms with van der Waals surface area (Å²) in [5.41, 5.74) is 3.25. The molecule has 1 fully saturated rings. The monoisotopic (exact) mass is 242 g/mol. The number of H-pyrrole nitrogens is 1. The third kappa shape index (κ3) is 1.82. The van der Waals surface area contributed by atoms with E-state index in [1.165, 1.54) is 12.8 Å². The number of aryl methyl sites for hydroxylation is 1. The first-order valence-corrected chi connectivity index (χ1v) is 6.38. The van der Waals surface area contributed by atoms with Gasteiger partial charge in [0.1, 0.15) is 11.5 Å². The number of hydrogen-bond donors (Lipinski definition) is 2. The van der Waals surface area contributed by atoms with E-state index in [0.29, 0.717) is 0 Å². The summed E-state index contributed by atoms with van der Waals surface area (Å²) in [4.78, 5) is 12.6. The van der Waals surface area contributed by atoms with E-state index in [1.807, 2.05) is 31.4 Å². The first-order chi connectivity index (χ1) is 8.75. The zero-order valence-corrected chi connectivity index (χ0v) is 10.8. The smallest absolute Gasteiger partial charge is 0.114 e. The molecule has 4 nitrogen and oxygen atoms in total. The molecule has 2 N–H and O–H groups in total. The highest BCUT2D eigenvalue weighted by atomic mass is 15.0. The van der Waals surface area contributed by atoms with Gasteiger partial charge >= 0.3 is 0 Å². The van der Waals surface area contributed by atoms with Gasteiger partial charge in [-0.1, -0.05) is 6.07 Å². The van der Waals surface area contributed by atoms with Gasteiger partial charge in [0, 0.05) is 23.9 Å². The van der Waals surface area contributed by atoms with Gasteiger partial charge in [-0.2, -0.15) is 0 Å². The fraction of sp³-hybridized carbons (Fsp3) is 0.429. The van der Waals surface area contributed by atoms with E-state index >= 15 is 0 Å². The summed E-state index contributed by atoms with van der Waals surface area (Å²) >= 11 is 0. The van der Waals surface area contributed by atoms with Crippen LogP contribution in [0.2, 0.25) is 0 Å². The fourth-order valence-electron chi connectivity index (χ4n) is 2.45. The number of pyridine rings is 1. The zero-order valence-electron chi connectivity index (χ0n) is 10.8. The normalized spacial score (nSPS) is 16.8. The number of imidazole rings is 1. The molecule has 0 atom stereocenters. The summed E-state index contributed by atoms with van der Waals surface area (Å²) in [5, 5.41) is 3.26. The Hall–Kier alpha value is -1.68. The van der Waals surface area contributed by atoms with Crippen LogP contribution in [0.5, 0.6) is 0 Å². The Morgan fingerprint density at radius 1 is 1.39 bits per heavy atom. The molecule has 2 heterocycles. The molecule has 0 unspecified atom stereocenters. The Bertz CT molecular complexity index is 540. The molecular weight excluding hydrogens is 224 g/mol. The van der Waals surface area contributed by atoms with Gasteiger partial charge in [-0.15, -0.1) is 0 Å². The summed E-state index contributed by atoms with van der Waals surface area (Å²) in [6.07, 6.45) is 4.23. The molecule has 0 radical (unpaired) electrons. The van der Waals surface area contributed by atoms with Crippen LogP contribution in [0.4, 0.5) is 0 Å². The van der Waals surface area contributed by atoms with E-state index in [9.17, 15) is 0 Å². The summed E-state index contributed by atoms with van der Waals surface area (Å²) in [5.74, 6) is 1.11. The molecule has 0 saturated heterocycles. The number of nitrogens with one attached hydrogen (secondary N) is 2. The van der Waals surface area contributed by atoms with Crippen molar-refractivity contribution in [1.82, 2.24) is 20.3 Å². The predicted molar refractivity (Wildman–Crippen MR) is 71.4 cm³/mol. The molecule has 1 aliphatic rings. The van der Waals surface area contributed by atoms with Crippen molar-refractivity contribution in [2.24, 2.45) is 0 Å². The van der Waals surface area contributed by atoms with Crippen LogP contribution in [0.1, 0.15) is 24.4 Å². The maximum absolute atomic E-state index is 4.77. The van der Waals surface area contributed by atoms with Crippen LogP contribution in [0, 0.1) is 6.92 Å². The SMILES string of the molecule is CNCC1(c2nc(-c3ccccn3)c(C)[nH]2)CC1. The molecule has 0 spiro atoms. The van der Waals surface area contributed by atoms with Gasteiger partial charge in [-0.05, 0) is 38.9 Å². The van der Waals surface area contributed by atoms with Gasteiger partial charge in [-0.3, -0.25) is 4.98 Å². The Morgan fingerprint density at radius 2 is 2.22 bits per heavy atom. The minimum atomic E-state index is 0.229. The molecule has 0 amide bonds. The van der Waals surface area contributed by atoms with Crippen molar-refractivity contribution in [3.63, 3.8) is 0 Å². The lowest BCUT2D eigenvalue weighted by atomic mass is 10.1. The largest absolute Gasteiger partial charge is 0.345 e. The highest BCUT2D eigenvalue weighted by Crippen LogP contribution is 2.46. The number of aromatic nitrogens is 3. The summed E-state index contributed by atoms with van der Waals surface area (Å²) in [7, 11) is 2.00. The zero-order chi connectivity index (χ0) is 12.6. The van der Waals surface area contributed by atoms with Crippen LogP contribution in [-0.2, 0) is 5.41 Å². The van der Waals surface area contributed by atoms with Crippen molar-refractivity contribution in [3.05, 3.63) is 35.9 Å². The molecule has 1 saturated carbocycles. The average molecular weight is 242 g/mol. The van der Waals surface area contributed by atoms with Gasteiger partial charge in [-0.25, -0.2) is 4.98 Å². The summed E-state index contributed by atoms with van der Waals surface area (Å²) in [6, 6.07) is 5.93. The van der Waals surface area contributed by atoms with Crippen LogP contribution in [-0.4, -0.2) is 28.5 Å². The van der Waals surface area contributed by atoms with Crippen LogP contribution in [0.3, 0.4) is 0 Å². The second kappa shape index (κ2) is 4.21. The van der Waals surface area contributed by atoms with Crippen molar-refractivity contribution in [2.45, 2.75) is 25.2 Å². The van der Waals surface area contributed by atoms with E-state index in [0.717, 1.165) is 29.5 Å². The van der Waals surface area contributed by atoms with Gasteiger partial charge in [0.15, 0.2) is 0 Å². The molecule has 0 aliphatic heterocycles. The van der Waals surface area contributed by atoms with Gasteiger partial charge < -0.3 is 10.3 Å². The lowest BCUT2D eigenvalue weighted by Crippen LogP contribution is -2.24. The average Bonchev–Trinajstić information content (AvgIpc) is 3.06. The third-order valence-electron chi connectivity index (χ3n) is 3.66. The van der Waals surface area contributed by atoms with Crippen molar-refractivity contribution in [3.8, 4) is 11.4 Å². The summed E-state index contributed by atoms with van der Waals surface area (Å²) in [6.45, 7) is 3.05. The Balaban J connectivity index is 1.97. The Kier molecular flexibility index (Phi) is 2.67. The number of rotatable bonds is 4. The van der Waals surface area contributed by atoms with Gasteiger partial charge in [0.2, 0.25) is 0 Å². The van der Waals surface area contributed by atoms with E-state index in [-0.39, 0.29) is 5.41 Å². The van der Waals surface area contributed by atoms with Crippen LogP contribution >= 0.6 is 0 Å². The first-order valence-electron chi connectivity index (χ1n) is 6.38. The standard InChI is InChI=1S/C14H18N4/c1-10-12(11-5-3-4-8-16-11)18-13(17-10)14(6-7-14)9-15-2/h3-5,8,15H,6-7,9H2,1-2H3,(H,17,18). The molecule has 2 aromatic heterocycles. The van der Waals surface area contributed by atoms with Crippen molar-refractivity contribution in [2.75, 3.05) is 13.6 Å². The fourth-order valence-corrected chi connectivity index (χ4v) is 2.45. The number of nitrogens with zero attached hydrogens (tertiary/aromatic N) is 2. The van der Waals surface area contributed by atoms with E-state index in [2.05, 4.69) is 22.2 Å². The van der Waals surface area contributed by atoms with Gasteiger partial charge in [0.05, 0.1) is 5.69 Å². The Labute approximate surface area is 107 Å². The third-order valence-corrected chi connectivity index (χ3v) is 3.66. The minimum absolute atomic E-state index is 0.229. The van der Waals surface area contributed by atoms with Crippen molar-refractivity contribution >= 4 is 0 Å². The van der Waals surface area contributed by atoms with Crippen molar-refractivity contribution in [1.29, 1.82) is 0 Å². The molecule has 2 aromatic rings. The van der Waals surface area contributed by atoms with Crippen molar-refractivity contribution < 1.29 is 0 Å². The minimum Gasteiger partial charge on any atom is -0.345 e. The maximum atomic E-state index is 4.77. The highest BCUT2D eigenvalue weighted by Gasteiger charge is 2.46. The second-order valence-corrected chi connectivity index (χ2v) is 5.08. The molecular formula is C14H18N4. The molecule has 0 aromatic carbocycles. The molecule has 0 bridgehead atoms. The molecule has 1 aliphatic carbocycles. The topological polar surface area (TPSA) is 53.6 Å². The molecule has 4 heteroatoms. The second-order valence-electron chi connectivity index (χ2n) is 5.08. The number of hydrogen-bond acceptors (Lipinski definition) is 3. The summed E-state index contributed by atoms with van der Waals surface area (Å²) < 4.78 is 0. The predicted octanol–water partition coefficient (Wildman–Crippen LogP) is 2.03. The quantitative estimate of drug-likeness (QED) is 0.862.